The molecule has 0 spiro atoms. The number of fused-ring (bicyclic) bond motifs is 6. The minimum Gasteiger partial charge on any atom is -0.511 e. The first kappa shape index (κ1) is 35.7. The van der Waals surface area contributed by atoms with Crippen molar-refractivity contribution < 1.29 is 33.1 Å². The number of carbonyl (C=O) groups is 1. The summed E-state index contributed by atoms with van der Waals surface area (Å²) in [7, 11) is -4.67. The number of hydrogen-bond acceptors (Lipinski definition) is 5. The van der Waals surface area contributed by atoms with Gasteiger partial charge in [-0.1, -0.05) is 89.6 Å². The van der Waals surface area contributed by atoms with Crippen molar-refractivity contribution in [1.82, 2.24) is 8.96 Å². The molecule has 2 heterocycles. The fourth-order valence-electron chi connectivity index (χ4n) is 8.65. The summed E-state index contributed by atoms with van der Waals surface area (Å²) in [6.45, 7) is 10.3. The lowest BCUT2D eigenvalue weighted by Crippen LogP contribution is -2.41. The summed E-state index contributed by atoms with van der Waals surface area (Å²) in [5.41, 5.74) is 4.58. The topological polar surface area (TPSA) is 153 Å². The van der Waals surface area contributed by atoms with Gasteiger partial charge in [-0.25, -0.2) is 3.97 Å². The van der Waals surface area contributed by atoms with E-state index < -0.39 is 33.7 Å². The Labute approximate surface area is 302 Å². The van der Waals surface area contributed by atoms with Crippen LogP contribution in [0.25, 0.3) is 45.1 Å². The van der Waals surface area contributed by atoms with Crippen molar-refractivity contribution in [3.8, 4) is 0 Å². The van der Waals surface area contributed by atoms with Crippen LogP contribution in [0, 0.1) is 16.7 Å². The van der Waals surface area contributed by atoms with Gasteiger partial charge in [0.2, 0.25) is 0 Å². The Morgan fingerprint density at radius 2 is 1.58 bits per heavy atom. The molecule has 9 nitrogen and oxygen atoms in total. The lowest BCUT2D eigenvalue weighted by molar-refractivity contribution is -0.137. The van der Waals surface area contributed by atoms with Crippen LogP contribution >= 0.6 is 0 Å². The SMILES string of the molecule is CCC1=c2c([nH]c3ccccc23)=CC(C)(C)C1=CC1C(O)=C(C=C2C(CCCCCC(=O)O)=c3c(n(S(=O)(=O)O)c4ccccc34)=CC2(C)C)C1O. The van der Waals surface area contributed by atoms with Gasteiger partial charge in [-0.3, -0.25) is 9.35 Å². The molecule has 0 bridgehead atoms. The number of aliphatic hydroxyl groups excluding tert-OH is 2. The molecule has 4 aromatic rings. The molecule has 2 aromatic heterocycles. The molecule has 0 saturated heterocycles. The predicted octanol–water partition coefficient (Wildman–Crippen LogP) is 5.52. The number of benzene rings is 2. The predicted molar refractivity (Wildman–Crippen MR) is 205 cm³/mol. The quantitative estimate of drug-likeness (QED) is 0.107. The maximum atomic E-state index is 12.8. The third kappa shape index (κ3) is 5.87. The number of H-pyrrole nitrogens is 1. The number of aliphatic hydroxyl groups is 2. The number of unbranched alkanes of at least 4 members (excludes halogenated alkanes) is 2. The van der Waals surface area contributed by atoms with E-state index in [0.717, 1.165) is 48.6 Å². The second-order valence-corrected chi connectivity index (χ2v) is 16.7. The van der Waals surface area contributed by atoms with E-state index in [9.17, 15) is 33.1 Å². The van der Waals surface area contributed by atoms with Crippen LogP contribution in [-0.4, -0.2) is 49.3 Å². The molecule has 0 saturated carbocycles. The highest BCUT2D eigenvalue weighted by Crippen LogP contribution is 2.46. The van der Waals surface area contributed by atoms with Crippen LogP contribution in [-0.2, 0) is 15.1 Å². The highest BCUT2D eigenvalue weighted by atomic mass is 32.2. The molecule has 2 atom stereocenters. The molecule has 0 amide bonds. The normalized spacial score (nSPS) is 22.4. The van der Waals surface area contributed by atoms with Crippen LogP contribution in [0.1, 0.15) is 73.1 Å². The first-order valence-electron chi connectivity index (χ1n) is 18.0. The number of aromatic nitrogens is 2. The number of aliphatic carboxylic acids is 1. The first-order chi connectivity index (χ1) is 24.5. The molecule has 5 N–H and O–H groups in total. The van der Waals surface area contributed by atoms with Crippen LogP contribution in [0.3, 0.4) is 0 Å². The Morgan fingerprint density at radius 3 is 2.25 bits per heavy atom. The third-order valence-electron chi connectivity index (χ3n) is 11.1. The summed E-state index contributed by atoms with van der Waals surface area (Å²) < 4.78 is 37.0. The van der Waals surface area contributed by atoms with Crippen molar-refractivity contribution in [3.63, 3.8) is 0 Å². The van der Waals surface area contributed by atoms with E-state index in [-0.39, 0.29) is 17.6 Å². The number of nitrogens with zero attached hydrogens (tertiary/aromatic N) is 1. The summed E-state index contributed by atoms with van der Waals surface area (Å²) in [5, 5.41) is 37.7. The number of para-hydroxylation sites is 2. The Kier molecular flexibility index (Phi) is 8.79. The van der Waals surface area contributed by atoms with Crippen molar-refractivity contribution >= 4 is 61.4 Å². The number of allylic oxidation sites excluding steroid dienone is 2. The standard InChI is InChI=1S/C42H46N2O7S/c1-6-24-30(41(2,3)22-33-37(24)26-15-10-12-17-32(26)43-33)20-28-39(47)29(40(28)48)21-31-25(14-8-7-9-19-36(45)46)38-27-16-11-13-18-34(27)44(52(49,50)51)35(38)23-42(31,4)5/h10-13,15-18,20-23,28,39,43,47-48H,6-9,14,19H2,1-5H3,(H,45,46)(H,49,50,51). The van der Waals surface area contributed by atoms with Gasteiger partial charge in [0.05, 0.1) is 22.9 Å². The van der Waals surface area contributed by atoms with E-state index in [0.29, 0.717) is 52.7 Å². The van der Waals surface area contributed by atoms with Crippen molar-refractivity contribution in [2.45, 2.75) is 79.2 Å². The molecule has 2 unspecified atom stereocenters. The molecule has 0 fully saturated rings. The molecular formula is C42H46N2O7S. The van der Waals surface area contributed by atoms with Crippen molar-refractivity contribution in [2.24, 2.45) is 16.7 Å². The minimum atomic E-state index is -4.67. The van der Waals surface area contributed by atoms with Gasteiger partial charge in [0.1, 0.15) is 5.76 Å². The molecule has 52 heavy (non-hydrogen) atoms. The molecule has 3 aliphatic carbocycles. The summed E-state index contributed by atoms with van der Waals surface area (Å²) in [6, 6.07) is 15.3. The Balaban J connectivity index is 1.38. The number of rotatable bonds is 10. The Morgan fingerprint density at radius 1 is 0.904 bits per heavy atom. The van der Waals surface area contributed by atoms with Crippen LogP contribution < -0.4 is 21.1 Å². The second-order valence-electron chi connectivity index (χ2n) is 15.4. The largest absolute Gasteiger partial charge is 0.511 e. The highest BCUT2D eigenvalue weighted by molar-refractivity contribution is 7.84. The summed E-state index contributed by atoms with van der Waals surface area (Å²) in [5.74, 6) is -1.38. The van der Waals surface area contributed by atoms with Gasteiger partial charge in [-0.2, -0.15) is 8.42 Å². The van der Waals surface area contributed by atoms with E-state index in [4.69, 9.17) is 0 Å². The molecule has 3 aliphatic rings. The zero-order valence-corrected chi connectivity index (χ0v) is 31.0. The van der Waals surface area contributed by atoms with Gasteiger partial charge in [0.15, 0.2) is 0 Å². The monoisotopic (exact) mass is 722 g/mol. The number of aromatic amines is 1. The van der Waals surface area contributed by atoms with E-state index in [2.05, 4.69) is 44.0 Å². The van der Waals surface area contributed by atoms with Crippen LogP contribution in [0.15, 0.2) is 83.2 Å². The summed E-state index contributed by atoms with van der Waals surface area (Å²) in [4.78, 5) is 14.8. The van der Waals surface area contributed by atoms with Crippen molar-refractivity contribution in [2.75, 3.05) is 0 Å². The molecule has 10 heteroatoms. The fourth-order valence-corrected chi connectivity index (χ4v) is 9.46. The van der Waals surface area contributed by atoms with E-state index in [1.807, 2.05) is 56.3 Å². The molecule has 0 radical (unpaired) electrons. The maximum absolute atomic E-state index is 12.8. The zero-order valence-electron chi connectivity index (χ0n) is 30.2. The number of hydrogen-bond donors (Lipinski definition) is 5. The van der Waals surface area contributed by atoms with Gasteiger partial charge in [-0.05, 0) is 72.3 Å². The molecule has 272 valence electrons. The summed E-state index contributed by atoms with van der Waals surface area (Å²) in [6.07, 6.45) is 10.0. The van der Waals surface area contributed by atoms with Gasteiger partial charge >= 0.3 is 16.3 Å². The molecule has 7 rings (SSSR count). The lowest BCUT2D eigenvalue weighted by atomic mass is 9.69. The van der Waals surface area contributed by atoms with Crippen molar-refractivity contribution in [3.05, 3.63) is 104 Å². The summed E-state index contributed by atoms with van der Waals surface area (Å²) >= 11 is 0. The van der Waals surface area contributed by atoms with E-state index in [1.54, 1.807) is 12.1 Å². The molecular weight excluding hydrogens is 677 g/mol. The molecule has 2 aromatic carbocycles. The average Bonchev–Trinajstić information content (AvgIpc) is 3.59. The Bertz CT molecular complexity index is 2630. The fraction of sp³-hybridized carbons (Fsp3) is 0.357. The smallest absolute Gasteiger partial charge is 0.364 e. The Hall–Kier alpha value is -4.64. The highest BCUT2D eigenvalue weighted by Gasteiger charge is 2.41. The second kappa shape index (κ2) is 12.8. The third-order valence-corrected chi connectivity index (χ3v) is 11.9. The van der Waals surface area contributed by atoms with E-state index >= 15 is 0 Å². The van der Waals surface area contributed by atoms with Gasteiger partial charge in [0.25, 0.3) is 0 Å². The number of carboxylic acids is 1. The number of nitrogens with one attached hydrogen (secondary N) is 1. The van der Waals surface area contributed by atoms with Crippen LogP contribution in [0.2, 0.25) is 0 Å². The van der Waals surface area contributed by atoms with E-state index in [1.165, 1.54) is 5.57 Å². The number of carboxylic acid groups (broad SMARTS) is 1. The van der Waals surface area contributed by atoms with Crippen molar-refractivity contribution in [1.29, 1.82) is 0 Å². The maximum Gasteiger partial charge on any atom is 0.364 e. The zero-order chi connectivity index (χ0) is 37.3. The van der Waals surface area contributed by atoms with Gasteiger partial charge in [0, 0.05) is 54.9 Å². The first-order valence-corrected chi connectivity index (χ1v) is 19.4. The molecule has 0 aliphatic heterocycles. The van der Waals surface area contributed by atoms with Crippen LogP contribution in [0.5, 0.6) is 0 Å². The van der Waals surface area contributed by atoms with Crippen LogP contribution in [0.4, 0.5) is 0 Å². The average molecular weight is 723 g/mol. The van der Waals surface area contributed by atoms with Gasteiger partial charge < -0.3 is 20.3 Å². The minimum absolute atomic E-state index is 0.0574. The van der Waals surface area contributed by atoms with Gasteiger partial charge in [-0.15, -0.1) is 0 Å². The lowest BCUT2D eigenvalue weighted by Gasteiger charge is -2.38.